The monoisotopic (exact) mass is 398 g/mol. The third kappa shape index (κ3) is 3.93. The molecule has 1 atom stereocenters. The Kier molecular flexibility index (Phi) is 5.07. The van der Waals surface area contributed by atoms with Gasteiger partial charge in [-0.3, -0.25) is 4.90 Å². The quantitative estimate of drug-likeness (QED) is 0.794. The van der Waals surface area contributed by atoms with Crippen molar-refractivity contribution in [1.82, 2.24) is 19.8 Å². The van der Waals surface area contributed by atoms with E-state index in [9.17, 15) is 13.2 Å². The Balaban J connectivity index is 1.54. The van der Waals surface area contributed by atoms with E-state index in [0.29, 0.717) is 24.5 Å². The number of rotatable bonds is 6. The van der Waals surface area contributed by atoms with Crippen LogP contribution in [-0.4, -0.2) is 33.6 Å². The Labute approximate surface area is 161 Å². The lowest BCUT2D eigenvalue weighted by Gasteiger charge is -2.29. The van der Waals surface area contributed by atoms with Crippen LogP contribution in [0.3, 0.4) is 0 Å². The highest BCUT2D eigenvalue weighted by Crippen LogP contribution is 2.56. The van der Waals surface area contributed by atoms with E-state index in [0.717, 1.165) is 60.9 Å². The largest absolute Gasteiger partial charge is 0.425 e. The second-order valence-electron chi connectivity index (χ2n) is 7.63. The first-order valence-electron chi connectivity index (χ1n) is 9.52. The molecule has 4 rings (SSSR count). The van der Waals surface area contributed by atoms with Crippen molar-refractivity contribution in [3.63, 3.8) is 0 Å². The van der Waals surface area contributed by atoms with Gasteiger partial charge in [0.2, 0.25) is 0 Å². The van der Waals surface area contributed by atoms with E-state index in [-0.39, 0.29) is 0 Å². The van der Waals surface area contributed by atoms with Crippen LogP contribution in [0.2, 0.25) is 0 Å². The summed E-state index contributed by atoms with van der Waals surface area (Å²) in [4.78, 5) is 7.10. The topological polar surface area (TPSA) is 33.1 Å². The SMILES string of the molecule is CCn1ccnc1CN(Cc1ccc(C(F)(F)F)s1)C1CC12CCNCC2. The van der Waals surface area contributed by atoms with Crippen molar-refractivity contribution in [2.45, 2.75) is 58.0 Å². The molecule has 3 heterocycles. The number of imidazole rings is 1. The Morgan fingerprint density at radius 3 is 2.74 bits per heavy atom. The molecule has 1 unspecified atom stereocenters. The smallest absolute Gasteiger partial charge is 0.334 e. The van der Waals surface area contributed by atoms with Crippen LogP contribution < -0.4 is 5.32 Å². The zero-order chi connectivity index (χ0) is 19.1. The van der Waals surface area contributed by atoms with Gasteiger partial charge < -0.3 is 9.88 Å². The van der Waals surface area contributed by atoms with E-state index in [1.807, 2.05) is 6.20 Å². The van der Waals surface area contributed by atoms with Crippen molar-refractivity contribution in [1.29, 1.82) is 0 Å². The third-order valence-electron chi connectivity index (χ3n) is 5.97. The molecule has 1 aliphatic carbocycles. The second kappa shape index (κ2) is 7.22. The van der Waals surface area contributed by atoms with Crippen LogP contribution >= 0.6 is 11.3 Å². The number of nitrogens with one attached hydrogen (secondary N) is 1. The van der Waals surface area contributed by atoms with Crippen molar-refractivity contribution in [2.75, 3.05) is 13.1 Å². The number of alkyl halides is 3. The van der Waals surface area contributed by atoms with Gasteiger partial charge in [0.1, 0.15) is 10.7 Å². The maximum Gasteiger partial charge on any atom is 0.425 e. The summed E-state index contributed by atoms with van der Waals surface area (Å²) in [6, 6.07) is 3.26. The number of nitrogens with zero attached hydrogens (tertiary/aromatic N) is 3. The van der Waals surface area contributed by atoms with E-state index in [2.05, 4.69) is 26.7 Å². The number of aryl methyl sites for hydroxylation is 1. The summed E-state index contributed by atoms with van der Waals surface area (Å²) in [5.74, 6) is 0.987. The molecule has 2 aromatic heterocycles. The highest BCUT2D eigenvalue weighted by atomic mass is 32.1. The standard InChI is InChI=1S/C19H25F3N4S/c1-2-25-10-9-24-17(25)13-26(15-11-18(15)5-7-23-8-6-18)12-14-3-4-16(27-14)19(20,21)22/h3-4,9-10,15,23H,2,5-8,11-13H2,1H3. The van der Waals surface area contributed by atoms with Gasteiger partial charge in [0.25, 0.3) is 0 Å². The zero-order valence-electron chi connectivity index (χ0n) is 15.4. The zero-order valence-corrected chi connectivity index (χ0v) is 16.2. The van der Waals surface area contributed by atoms with Gasteiger partial charge in [-0.2, -0.15) is 13.2 Å². The molecule has 1 spiro atoms. The molecule has 2 aromatic rings. The summed E-state index contributed by atoms with van der Waals surface area (Å²) < 4.78 is 41.0. The fraction of sp³-hybridized carbons (Fsp3) is 0.632. The van der Waals surface area contributed by atoms with Gasteiger partial charge in [-0.25, -0.2) is 4.98 Å². The van der Waals surface area contributed by atoms with Crippen LogP contribution in [0.15, 0.2) is 24.5 Å². The van der Waals surface area contributed by atoms with Crippen LogP contribution in [0.4, 0.5) is 13.2 Å². The van der Waals surface area contributed by atoms with Gasteiger partial charge in [0, 0.05) is 36.4 Å². The van der Waals surface area contributed by atoms with Crippen LogP contribution in [-0.2, 0) is 25.8 Å². The van der Waals surface area contributed by atoms with Crippen molar-refractivity contribution in [3.8, 4) is 0 Å². The predicted octanol–water partition coefficient (Wildman–Crippen LogP) is 4.13. The Morgan fingerprint density at radius 2 is 2.07 bits per heavy atom. The average molecular weight is 398 g/mol. The number of halogens is 3. The molecule has 8 heteroatoms. The van der Waals surface area contributed by atoms with Gasteiger partial charge in [0.05, 0.1) is 6.54 Å². The Bertz CT molecular complexity index is 776. The van der Waals surface area contributed by atoms with Gasteiger partial charge in [-0.05, 0) is 56.8 Å². The van der Waals surface area contributed by atoms with Gasteiger partial charge in [-0.1, -0.05) is 0 Å². The van der Waals surface area contributed by atoms with E-state index in [1.54, 1.807) is 12.3 Å². The minimum Gasteiger partial charge on any atom is -0.334 e. The van der Waals surface area contributed by atoms with E-state index < -0.39 is 11.1 Å². The molecular weight excluding hydrogens is 373 g/mol. The van der Waals surface area contributed by atoms with Gasteiger partial charge in [-0.15, -0.1) is 11.3 Å². The number of thiophene rings is 1. The average Bonchev–Trinajstić information content (AvgIpc) is 3.02. The number of hydrogen-bond donors (Lipinski definition) is 1. The molecule has 4 nitrogen and oxygen atoms in total. The molecule has 1 saturated heterocycles. The molecule has 148 valence electrons. The highest BCUT2D eigenvalue weighted by molar-refractivity contribution is 7.12. The van der Waals surface area contributed by atoms with Gasteiger partial charge >= 0.3 is 6.18 Å². The van der Waals surface area contributed by atoms with Crippen LogP contribution in [0.5, 0.6) is 0 Å². The first-order valence-corrected chi connectivity index (χ1v) is 10.3. The lowest BCUT2D eigenvalue weighted by Crippen LogP contribution is -2.36. The number of piperidine rings is 1. The minimum atomic E-state index is -4.26. The number of aromatic nitrogens is 2. The van der Waals surface area contributed by atoms with Crippen LogP contribution in [0, 0.1) is 5.41 Å². The minimum absolute atomic E-state index is 0.332. The predicted molar refractivity (Wildman–Crippen MR) is 99.4 cm³/mol. The molecule has 2 fully saturated rings. The fourth-order valence-electron chi connectivity index (χ4n) is 4.36. The molecule has 1 N–H and O–H groups in total. The molecule has 1 aliphatic heterocycles. The summed E-state index contributed by atoms with van der Waals surface area (Å²) in [5, 5.41) is 3.42. The summed E-state index contributed by atoms with van der Waals surface area (Å²) in [7, 11) is 0. The molecular formula is C19H25F3N4S. The summed E-state index contributed by atoms with van der Waals surface area (Å²) in [6.07, 6.45) is 2.94. The van der Waals surface area contributed by atoms with Crippen molar-refractivity contribution in [2.24, 2.45) is 5.41 Å². The molecule has 1 saturated carbocycles. The van der Waals surface area contributed by atoms with Gasteiger partial charge in [0.15, 0.2) is 0 Å². The van der Waals surface area contributed by atoms with Crippen molar-refractivity contribution < 1.29 is 13.2 Å². The lowest BCUT2D eigenvalue weighted by molar-refractivity contribution is -0.134. The van der Waals surface area contributed by atoms with E-state index in [4.69, 9.17) is 0 Å². The molecule has 0 amide bonds. The Morgan fingerprint density at radius 1 is 1.30 bits per heavy atom. The second-order valence-corrected chi connectivity index (χ2v) is 8.80. The molecule has 0 radical (unpaired) electrons. The van der Waals surface area contributed by atoms with Crippen LogP contribution in [0.25, 0.3) is 0 Å². The maximum atomic E-state index is 13.0. The first-order chi connectivity index (χ1) is 12.9. The summed E-state index contributed by atoms with van der Waals surface area (Å²) in [5.41, 5.74) is 0.332. The van der Waals surface area contributed by atoms with Crippen molar-refractivity contribution >= 4 is 11.3 Å². The lowest BCUT2D eigenvalue weighted by atomic mass is 9.93. The summed E-state index contributed by atoms with van der Waals surface area (Å²) >= 11 is 0.865. The third-order valence-corrected chi connectivity index (χ3v) is 7.09. The summed E-state index contributed by atoms with van der Waals surface area (Å²) in [6.45, 7) is 6.23. The normalized spacial score (nSPS) is 21.9. The molecule has 27 heavy (non-hydrogen) atoms. The van der Waals surface area contributed by atoms with Crippen molar-refractivity contribution in [3.05, 3.63) is 40.1 Å². The Hall–Kier alpha value is -1.38. The van der Waals surface area contributed by atoms with Crippen LogP contribution in [0.1, 0.15) is 41.8 Å². The number of hydrogen-bond acceptors (Lipinski definition) is 4. The van der Waals surface area contributed by atoms with E-state index >= 15 is 0 Å². The fourth-order valence-corrected chi connectivity index (χ4v) is 5.26. The highest BCUT2D eigenvalue weighted by Gasteiger charge is 2.56. The molecule has 0 aromatic carbocycles. The molecule has 2 aliphatic rings. The van der Waals surface area contributed by atoms with E-state index in [1.165, 1.54) is 6.07 Å². The first kappa shape index (κ1) is 19.0. The molecule has 0 bridgehead atoms. The maximum absolute atomic E-state index is 13.0.